The standard InChI is InChI=1S/C10H22N.C9H13.C6H5.CH3.H3Si.Ti/c1-2-3-4-5-6-7-8-9-10-11;1-6-5-7(2)9(4)8(6)3;1-2-4-6-5-3-1;;;/h11H,2-10H2,1H3;6H,1-4H3;1-5H;2*1H3;/q4*-1;;+4. The third kappa shape index (κ3) is 20.6. The zero-order chi connectivity index (χ0) is 19.6. The molecule has 0 saturated heterocycles. The minimum atomic E-state index is 0. The average molecular weight is 449 g/mol. The second kappa shape index (κ2) is 25.6. The van der Waals surface area contributed by atoms with Crippen LogP contribution in [0.4, 0.5) is 0 Å². The first-order valence-corrected chi connectivity index (χ1v) is 10.4. The molecular weight excluding hydrogens is 402 g/mol. The van der Waals surface area contributed by atoms with Crippen LogP contribution in [0.2, 0.25) is 0 Å². The molecule has 0 aliphatic heterocycles. The van der Waals surface area contributed by atoms with Crippen LogP contribution in [-0.4, -0.2) is 17.5 Å². The molecule has 3 heteroatoms. The fourth-order valence-corrected chi connectivity index (χ4v) is 2.76. The van der Waals surface area contributed by atoms with Gasteiger partial charge in [-0.2, -0.15) is 54.1 Å². The average Bonchev–Trinajstić information content (AvgIpc) is 2.89. The molecule has 29 heavy (non-hydrogen) atoms. The maximum absolute atomic E-state index is 6.95. The van der Waals surface area contributed by atoms with Crippen LogP contribution in [0.25, 0.3) is 5.73 Å². The largest absolute Gasteiger partial charge is 4.00 e. The Bertz CT molecular complexity index is 462. The number of nitrogens with one attached hydrogen (secondary N) is 1. The van der Waals surface area contributed by atoms with Crippen LogP contribution in [0.1, 0.15) is 86.0 Å². The maximum atomic E-state index is 6.95. The van der Waals surface area contributed by atoms with Gasteiger partial charge in [0, 0.05) is 0 Å². The van der Waals surface area contributed by atoms with E-state index in [4.69, 9.17) is 5.73 Å². The summed E-state index contributed by atoms with van der Waals surface area (Å²) in [7, 11) is 0. The van der Waals surface area contributed by atoms with Crippen molar-refractivity contribution < 1.29 is 21.7 Å². The molecule has 1 aromatic carbocycles. The van der Waals surface area contributed by atoms with Gasteiger partial charge in [0.15, 0.2) is 0 Å². The molecule has 1 nitrogen and oxygen atoms in total. The molecule has 1 atom stereocenters. The second-order valence-corrected chi connectivity index (χ2v) is 7.10. The summed E-state index contributed by atoms with van der Waals surface area (Å²) in [6.45, 7) is 11.5. The third-order valence-corrected chi connectivity index (χ3v) is 4.87. The summed E-state index contributed by atoms with van der Waals surface area (Å²) in [5.74, 6) is 0.560. The van der Waals surface area contributed by atoms with Gasteiger partial charge in [0.1, 0.15) is 0 Å². The Kier molecular flexibility index (Phi) is 31.8. The molecule has 0 spiro atoms. The molecule has 0 aromatic heterocycles. The Hall–Kier alpha value is -0.409. The van der Waals surface area contributed by atoms with Crippen molar-refractivity contribution in [2.75, 3.05) is 6.54 Å². The van der Waals surface area contributed by atoms with Crippen LogP contribution < -0.4 is 0 Å². The molecule has 0 fully saturated rings. The van der Waals surface area contributed by atoms with E-state index in [-0.39, 0.29) is 40.1 Å². The van der Waals surface area contributed by atoms with Crippen LogP contribution >= 0.6 is 0 Å². The SMILES string of the molecule is CC1=[C-]C(C)C(C)=C1C.CCCCCCCCCC[NH-].[CH3-].[SiH3].[Ti+4].[c-]1ccccc1. The molecule has 0 bridgehead atoms. The molecule has 0 amide bonds. The predicted molar refractivity (Wildman–Crippen MR) is 133 cm³/mol. The van der Waals surface area contributed by atoms with E-state index in [9.17, 15) is 0 Å². The first kappa shape index (κ1) is 36.0. The first-order chi connectivity index (χ1) is 12.5. The number of benzene rings is 1. The van der Waals surface area contributed by atoms with Gasteiger partial charge in [0.05, 0.1) is 0 Å². The molecular formula is C26H46NSiTi. The van der Waals surface area contributed by atoms with Crippen molar-refractivity contribution in [1.82, 2.24) is 0 Å². The zero-order valence-corrected chi connectivity index (χ0v) is 23.9. The fraction of sp³-hybridized carbons (Fsp3) is 0.577. The van der Waals surface area contributed by atoms with Crippen LogP contribution in [0, 0.1) is 25.5 Å². The van der Waals surface area contributed by atoms with E-state index in [0.29, 0.717) is 12.5 Å². The van der Waals surface area contributed by atoms with Crippen LogP contribution in [0.15, 0.2) is 47.1 Å². The van der Waals surface area contributed by atoms with Crippen molar-refractivity contribution in [3.8, 4) is 0 Å². The van der Waals surface area contributed by atoms with Crippen molar-refractivity contribution in [1.29, 1.82) is 0 Å². The molecule has 0 heterocycles. The summed E-state index contributed by atoms with van der Waals surface area (Å²) < 4.78 is 0. The summed E-state index contributed by atoms with van der Waals surface area (Å²) >= 11 is 0. The molecule has 0 saturated carbocycles. The Labute approximate surface area is 202 Å². The van der Waals surface area contributed by atoms with Crippen molar-refractivity contribution in [3.05, 3.63) is 72.4 Å². The van der Waals surface area contributed by atoms with Gasteiger partial charge in [-0.1, -0.05) is 85.0 Å². The van der Waals surface area contributed by atoms with E-state index in [1.165, 1.54) is 61.7 Å². The van der Waals surface area contributed by atoms with Crippen molar-refractivity contribution >= 4 is 11.0 Å². The van der Waals surface area contributed by atoms with Crippen molar-refractivity contribution in [3.63, 3.8) is 0 Å². The number of allylic oxidation sites excluding steroid dienone is 4. The Morgan fingerprint density at radius 1 is 0.862 bits per heavy atom. The predicted octanol–water partition coefficient (Wildman–Crippen LogP) is 7.65. The molecule has 1 radical (unpaired) electrons. The molecule has 2 rings (SSSR count). The fourth-order valence-electron chi connectivity index (χ4n) is 2.76. The van der Waals surface area contributed by atoms with Gasteiger partial charge in [0.25, 0.3) is 0 Å². The van der Waals surface area contributed by atoms with Crippen molar-refractivity contribution in [2.24, 2.45) is 5.92 Å². The summed E-state index contributed by atoms with van der Waals surface area (Å²) in [6, 6.07) is 12.5. The number of hydrogen-bond acceptors (Lipinski definition) is 0. The van der Waals surface area contributed by atoms with Gasteiger partial charge in [-0.15, -0.1) is 6.92 Å². The van der Waals surface area contributed by atoms with E-state index in [2.05, 4.69) is 46.8 Å². The minimum absolute atomic E-state index is 0. The smallest absolute Gasteiger partial charge is 0.677 e. The van der Waals surface area contributed by atoms with E-state index >= 15 is 0 Å². The topological polar surface area (TPSA) is 23.8 Å². The van der Waals surface area contributed by atoms with E-state index in [1.54, 1.807) is 0 Å². The van der Waals surface area contributed by atoms with Crippen LogP contribution in [0.5, 0.6) is 0 Å². The Morgan fingerprint density at radius 2 is 1.34 bits per heavy atom. The molecule has 1 aromatic rings. The van der Waals surface area contributed by atoms with Gasteiger partial charge in [-0.05, 0) is 11.0 Å². The minimum Gasteiger partial charge on any atom is -0.677 e. The van der Waals surface area contributed by atoms with Gasteiger partial charge < -0.3 is 13.2 Å². The van der Waals surface area contributed by atoms with Gasteiger partial charge >= 0.3 is 21.7 Å². The third-order valence-electron chi connectivity index (χ3n) is 4.87. The summed E-state index contributed by atoms with van der Waals surface area (Å²) in [5, 5.41) is 0. The normalized spacial score (nSPS) is 14.0. The zero-order valence-electron chi connectivity index (χ0n) is 20.3. The molecule has 1 N–H and O–H groups in total. The van der Waals surface area contributed by atoms with E-state index < -0.39 is 0 Å². The van der Waals surface area contributed by atoms with E-state index in [0.717, 1.165) is 6.42 Å². The number of hydrogen-bond donors (Lipinski definition) is 0. The molecule has 1 aliphatic rings. The van der Waals surface area contributed by atoms with Crippen molar-refractivity contribution in [2.45, 2.75) is 86.0 Å². The monoisotopic (exact) mass is 448 g/mol. The molecule has 163 valence electrons. The van der Waals surface area contributed by atoms with Gasteiger partial charge in [0.2, 0.25) is 0 Å². The summed E-state index contributed by atoms with van der Waals surface area (Å²) in [4.78, 5) is 0. The number of unbranched alkanes of at least 4 members (excludes halogenated alkanes) is 7. The molecule has 1 aliphatic carbocycles. The Morgan fingerprint density at radius 3 is 1.59 bits per heavy atom. The second-order valence-electron chi connectivity index (χ2n) is 7.10. The van der Waals surface area contributed by atoms with Crippen LogP contribution in [-0.2, 0) is 21.7 Å². The summed E-state index contributed by atoms with van der Waals surface area (Å²) in [5.41, 5.74) is 11.2. The quantitative estimate of drug-likeness (QED) is 0.222. The van der Waals surface area contributed by atoms with Gasteiger partial charge in [-0.25, -0.2) is 5.57 Å². The first-order valence-electron chi connectivity index (χ1n) is 10.4. The van der Waals surface area contributed by atoms with Gasteiger partial charge in [-0.3, -0.25) is 6.08 Å². The van der Waals surface area contributed by atoms with E-state index in [1.807, 2.05) is 30.3 Å². The molecule has 1 unspecified atom stereocenters. The maximum Gasteiger partial charge on any atom is 4.00 e. The van der Waals surface area contributed by atoms with Crippen LogP contribution in [0.3, 0.4) is 0 Å². The Balaban J connectivity index is -0.000000158. The summed E-state index contributed by atoms with van der Waals surface area (Å²) in [6.07, 6.45) is 14.0. The number of rotatable bonds is 8.